The van der Waals surface area contributed by atoms with Crippen LogP contribution in [0.2, 0.25) is 0 Å². The van der Waals surface area contributed by atoms with Crippen molar-refractivity contribution in [1.82, 2.24) is 0 Å². The lowest BCUT2D eigenvalue weighted by atomic mass is 9.61. The van der Waals surface area contributed by atoms with E-state index in [4.69, 9.17) is 9.84 Å². The Labute approximate surface area is 135 Å². The fraction of sp³-hybridized carbons (Fsp3) is 0.800. The zero-order valence-corrected chi connectivity index (χ0v) is 13.9. The summed E-state index contributed by atoms with van der Waals surface area (Å²) in [5.74, 6) is -5.91. The number of aliphatic carboxylic acids is 2. The molecule has 0 rings (SSSR count). The zero-order valence-electron chi connectivity index (χ0n) is 13.9. The van der Waals surface area contributed by atoms with E-state index < -0.39 is 47.6 Å². The first-order valence-corrected chi connectivity index (χ1v) is 7.59. The van der Waals surface area contributed by atoms with E-state index in [0.29, 0.717) is 0 Å². The molecule has 0 aromatic carbocycles. The summed E-state index contributed by atoms with van der Waals surface area (Å²) in [7, 11) is 0. The molecule has 0 spiro atoms. The average Bonchev–Trinajstić information content (AvgIpc) is 2.48. The highest BCUT2D eigenvalue weighted by Gasteiger charge is 2.64. The monoisotopic (exact) mass is 334 g/mol. The lowest BCUT2D eigenvalue weighted by Crippen LogP contribution is -2.64. The van der Waals surface area contributed by atoms with Crippen LogP contribution in [0.4, 0.5) is 0 Å². The highest BCUT2D eigenvalue weighted by atomic mass is 16.6. The Morgan fingerprint density at radius 3 is 1.78 bits per heavy atom. The average molecular weight is 334 g/mol. The molecular weight excluding hydrogens is 308 g/mol. The number of hydrogen-bond donors (Lipinski definition) is 4. The van der Waals surface area contributed by atoms with Crippen LogP contribution >= 0.6 is 0 Å². The lowest BCUT2D eigenvalue weighted by molar-refractivity contribution is -0.208. The molecule has 23 heavy (non-hydrogen) atoms. The number of aliphatic hydroxyl groups is 2. The second-order valence-electron chi connectivity index (χ2n) is 5.56. The van der Waals surface area contributed by atoms with E-state index in [1.165, 1.54) is 27.7 Å². The lowest BCUT2D eigenvalue weighted by Gasteiger charge is -2.43. The van der Waals surface area contributed by atoms with Gasteiger partial charge < -0.3 is 25.2 Å². The van der Waals surface area contributed by atoms with Crippen LogP contribution < -0.4 is 0 Å². The molecule has 0 aromatic rings. The number of carbonyl (C=O) groups excluding carboxylic acids is 1. The van der Waals surface area contributed by atoms with Crippen LogP contribution in [0, 0.1) is 11.3 Å². The van der Waals surface area contributed by atoms with Crippen molar-refractivity contribution >= 4 is 17.9 Å². The SMILES string of the molecule is CCC(C(=O)OC(C)CO)C(O)(C(=O)O)C(CC)(CC)C(=O)O. The van der Waals surface area contributed by atoms with Gasteiger partial charge in [-0.25, -0.2) is 4.79 Å². The second-order valence-corrected chi connectivity index (χ2v) is 5.56. The molecule has 0 aliphatic heterocycles. The normalized spacial score (nSPS) is 17.0. The molecule has 0 amide bonds. The van der Waals surface area contributed by atoms with Crippen molar-refractivity contribution in [3.05, 3.63) is 0 Å². The fourth-order valence-corrected chi connectivity index (χ4v) is 2.89. The van der Waals surface area contributed by atoms with E-state index in [1.807, 2.05) is 0 Å². The number of carboxylic acids is 2. The molecule has 3 atom stereocenters. The molecule has 0 fully saturated rings. The predicted octanol–water partition coefficient (Wildman–Crippen LogP) is 0.643. The van der Waals surface area contributed by atoms with Gasteiger partial charge in [0.25, 0.3) is 0 Å². The number of aliphatic hydroxyl groups excluding tert-OH is 1. The van der Waals surface area contributed by atoms with Crippen LogP contribution in [-0.4, -0.2) is 56.6 Å². The minimum absolute atomic E-state index is 0.130. The molecule has 0 aliphatic carbocycles. The first-order chi connectivity index (χ1) is 10.6. The van der Waals surface area contributed by atoms with Crippen molar-refractivity contribution in [1.29, 1.82) is 0 Å². The topological polar surface area (TPSA) is 141 Å². The molecule has 8 nitrogen and oxygen atoms in total. The van der Waals surface area contributed by atoms with Crippen LogP contribution in [0.25, 0.3) is 0 Å². The molecule has 0 bridgehead atoms. The first kappa shape index (κ1) is 21.3. The van der Waals surface area contributed by atoms with Gasteiger partial charge in [0.15, 0.2) is 5.60 Å². The van der Waals surface area contributed by atoms with Gasteiger partial charge in [-0.15, -0.1) is 0 Å². The Bertz CT molecular complexity index is 443. The molecule has 134 valence electrons. The summed E-state index contributed by atoms with van der Waals surface area (Å²) in [5.41, 5.74) is -4.87. The van der Waals surface area contributed by atoms with E-state index in [2.05, 4.69) is 0 Å². The van der Waals surface area contributed by atoms with Crippen molar-refractivity contribution in [3.8, 4) is 0 Å². The van der Waals surface area contributed by atoms with Gasteiger partial charge in [-0.05, 0) is 26.2 Å². The number of ether oxygens (including phenoxy) is 1. The largest absolute Gasteiger partial charge is 0.481 e. The second kappa shape index (κ2) is 8.26. The van der Waals surface area contributed by atoms with E-state index in [-0.39, 0.29) is 19.3 Å². The molecule has 3 unspecified atom stereocenters. The number of hydrogen-bond acceptors (Lipinski definition) is 6. The van der Waals surface area contributed by atoms with Crippen LogP contribution in [0.1, 0.15) is 47.0 Å². The van der Waals surface area contributed by atoms with Crippen molar-refractivity contribution < 1.29 is 39.5 Å². The first-order valence-electron chi connectivity index (χ1n) is 7.59. The molecule has 8 heteroatoms. The third-order valence-corrected chi connectivity index (χ3v) is 4.44. The zero-order chi connectivity index (χ0) is 18.4. The maximum absolute atomic E-state index is 12.2. The number of carbonyl (C=O) groups is 3. The van der Waals surface area contributed by atoms with Gasteiger partial charge in [-0.3, -0.25) is 9.59 Å². The molecule has 0 saturated carbocycles. The summed E-state index contributed by atoms with van der Waals surface area (Å²) in [4.78, 5) is 35.8. The predicted molar refractivity (Wildman–Crippen MR) is 79.7 cm³/mol. The Balaban J connectivity index is 6.12. The molecule has 0 saturated heterocycles. The Kier molecular flexibility index (Phi) is 7.66. The maximum Gasteiger partial charge on any atom is 0.337 e. The highest BCUT2D eigenvalue weighted by molar-refractivity contribution is 5.93. The van der Waals surface area contributed by atoms with Crippen LogP contribution in [-0.2, 0) is 19.1 Å². The molecule has 0 radical (unpaired) electrons. The van der Waals surface area contributed by atoms with E-state index >= 15 is 0 Å². The number of carboxylic acid groups (broad SMARTS) is 2. The van der Waals surface area contributed by atoms with Gasteiger partial charge in [0.2, 0.25) is 0 Å². The van der Waals surface area contributed by atoms with E-state index in [0.717, 1.165) is 0 Å². The van der Waals surface area contributed by atoms with Gasteiger partial charge >= 0.3 is 17.9 Å². The highest BCUT2D eigenvalue weighted by Crippen LogP contribution is 2.45. The summed E-state index contributed by atoms with van der Waals surface area (Å²) >= 11 is 0. The Morgan fingerprint density at radius 2 is 1.52 bits per heavy atom. The third-order valence-electron chi connectivity index (χ3n) is 4.44. The maximum atomic E-state index is 12.2. The number of rotatable bonds is 10. The summed E-state index contributed by atoms with van der Waals surface area (Å²) < 4.78 is 4.91. The smallest absolute Gasteiger partial charge is 0.337 e. The van der Waals surface area contributed by atoms with Crippen molar-refractivity contribution in [2.45, 2.75) is 58.7 Å². The Morgan fingerprint density at radius 1 is 1.04 bits per heavy atom. The Hall–Kier alpha value is -1.67. The molecule has 0 aliphatic rings. The summed E-state index contributed by atoms with van der Waals surface area (Å²) in [5, 5.41) is 38.9. The van der Waals surface area contributed by atoms with E-state index in [1.54, 1.807) is 0 Å². The summed E-state index contributed by atoms with van der Waals surface area (Å²) in [6, 6.07) is 0. The van der Waals surface area contributed by atoms with Crippen LogP contribution in [0.5, 0.6) is 0 Å². The third kappa shape index (κ3) is 3.64. The van der Waals surface area contributed by atoms with E-state index in [9.17, 15) is 29.7 Å². The van der Waals surface area contributed by atoms with Gasteiger partial charge in [-0.1, -0.05) is 20.8 Å². The molecule has 0 heterocycles. The standard InChI is InChI=1S/C15H26O8/c1-5-10(11(17)23-9(4)8-16)15(22,13(20)21)14(6-2,7-3)12(18)19/h9-10,16,22H,5-8H2,1-4H3,(H,18,19)(H,20,21). The van der Waals surface area contributed by atoms with Crippen molar-refractivity contribution in [2.75, 3.05) is 6.61 Å². The van der Waals surface area contributed by atoms with Crippen molar-refractivity contribution in [3.63, 3.8) is 0 Å². The number of esters is 1. The van der Waals surface area contributed by atoms with Gasteiger partial charge in [-0.2, -0.15) is 0 Å². The molecule has 0 aromatic heterocycles. The quantitative estimate of drug-likeness (QED) is 0.427. The molecular formula is C15H26O8. The van der Waals surface area contributed by atoms with Gasteiger partial charge in [0.1, 0.15) is 11.5 Å². The van der Waals surface area contributed by atoms with Gasteiger partial charge in [0.05, 0.1) is 12.5 Å². The minimum Gasteiger partial charge on any atom is -0.481 e. The fourth-order valence-electron chi connectivity index (χ4n) is 2.89. The summed E-state index contributed by atoms with van der Waals surface area (Å²) in [6.07, 6.45) is -1.38. The van der Waals surface area contributed by atoms with Gasteiger partial charge in [0, 0.05) is 0 Å². The minimum atomic E-state index is -2.83. The van der Waals surface area contributed by atoms with Crippen LogP contribution in [0.15, 0.2) is 0 Å². The van der Waals surface area contributed by atoms with Crippen LogP contribution in [0.3, 0.4) is 0 Å². The summed E-state index contributed by atoms with van der Waals surface area (Å²) in [6.45, 7) is 5.27. The van der Waals surface area contributed by atoms with Crippen molar-refractivity contribution in [2.24, 2.45) is 11.3 Å². The molecule has 4 N–H and O–H groups in total.